The summed E-state index contributed by atoms with van der Waals surface area (Å²) in [6.07, 6.45) is 2.30. The van der Waals surface area contributed by atoms with Crippen LogP contribution in [0.4, 0.5) is 5.69 Å². The van der Waals surface area contributed by atoms with Crippen LogP contribution < -0.4 is 10.5 Å². The summed E-state index contributed by atoms with van der Waals surface area (Å²) < 4.78 is 31.6. The molecule has 1 atom stereocenters. The van der Waals surface area contributed by atoms with E-state index < -0.39 is 10.0 Å². The van der Waals surface area contributed by atoms with Crippen LogP contribution in [0.2, 0.25) is 0 Å². The summed E-state index contributed by atoms with van der Waals surface area (Å²) >= 11 is 0. The Bertz CT molecular complexity index is 493. The van der Waals surface area contributed by atoms with E-state index in [0.29, 0.717) is 25.3 Å². The van der Waals surface area contributed by atoms with Crippen LogP contribution in [0.3, 0.4) is 0 Å². The Labute approximate surface area is 114 Å². The van der Waals surface area contributed by atoms with Crippen molar-refractivity contribution in [2.24, 2.45) is 0 Å². The summed E-state index contributed by atoms with van der Waals surface area (Å²) in [5, 5.41) is 0. The highest BCUT2D eigenvalue weighted by molar-refractivity contribution is 7.89. The maximum atomic E-state index is 11.8. The van der Waals surface area contributed by atoms with Crippen LogP contribution in [0.1, 0.15) is 18.4 Å². The van der Waals surface area contributed by atoms with Crippen LogP contribution in [0.25, 0.3) is 0 Å². The van der Waals surface area contributed by atoms with Crippen LogP contribution in [0.5, 0.6) is 0 Å². The molecule has 19 heavy (non-hydrogen) atoms. The summed E-state index contributed by atoms with van der Waals surface area (Å²) in [7, 11) is -3.24. The average Bonchev–Trinajstić information content (AvgIpc) is 2.83. The van der Waals surface area contributed by atoms with Gasteiger partial charge in [0.1, 0.15) is 0 Å². The number of nitrogens with one attached hydrogen (secondary N) is 1. The first-order chi connectivity index (χ1) is 9.05. The van der Waals surface area contributed by atoms with E-state index in [4.69, 9.17) is 10.5 Å². The lowest BCUT2D eigenvalue weighted by molar-refractivity contribution is 0.127. The Kier molecular flexibility index (Phi) is 4.79. The molecule has 3 N–H and O–H groups in total. The van der Waals surface area contributed by atoms with Crippen LogP contribution in [-0.2, 0) is 21.2 Å². The number of nitrogens with two attached hydrogens (primary N) is 1. The fraction of sp³-hybridized carbons (Fsp3) is 0.538. The van der Waals surface area contributed by atoms with Crippen LogP contribution in [-0.4, -0.2) is 33.4 Å². The first kappa shape index (κ1) is 14.3. The number of benzene rings is 1. The third-order valence-electron chi connectivity index (χ3n) is 3.14. The molecule has 1 fully saturated rings. The summed E-state index contributed by atoms with van der Waals surface area (Å²) in [6, 6.07) is 7.44. The number of rotatable bonds is 6. The standard InChI is InChI=1S/C13H20N2O3S/c14-12-5-3-11(4-6-12)7-8-15-19(16,17)10-13-2-1-9-18-13/h3-6,13,15H,1-2,7-10,14H2. The van der Waals surface area contributed by atoms with Crippen molar-refractivity contribution in [2.45, 2.75) is 25.4 Å². The Morgan fingerprint density at radius 1 is 1.32 bits per heavy atom. The molecule has 0 radical (unpaired) electrons. The van der Waals surface area contributed by atoms with Crippen molar-refractivity contribution < 1.29 is 13.2 Å². The summed E-state index contributed by atoms with van der Waals surface area (Å²) in [5.41, 5.74) is 7.37. The first-order valence-corrected chi connectivity index (χ1v) is 8.14. The summed E-state index contributed by atoms with van der Waals surface area (Å²) in [5.74, 6) is 0.0642. The predicted molar refractivity (Wildman–Crippen MR) is 75.3 cm³/mol. The van der Waals surface area contributed by atoms with Gasteiger partial charge in [0.05, 0.1) is 11.9 Å². The van der Waals surface area contributed by atoms with Gasteiger partial charge in [-0.25, -0.2) is 13.1 Å². The Balaban J connectivity index is 1.76. The van der Waals surface area contributed by atoms with Gasteiger partial charge in [-0.3, -0.25) is 0 Å². The molecule has 1 aromatic rings. The lowest BCUT2D eigenvalue weighted by Crippen LogP contribution is -2.33. The van der Waals surface area contributed by atoms with Crippen molar-refractivity contribution in [1.82, 2.24) is 4.72 Å². The van der Waals surface area contributed by atoms with Gasteiger partial charge in [-0.15, -0.1) is 0 Å². The second-order valence-corrected chi connectivity index (χ2v) is 6.65. The maximum absolute atomic E-state index is 11.8. The van der Waals surface area contributed by atoms with Gasteiger partial charge in [0.25, 0.3) is 0 Å². The number of nitrogen functional groups attached to an aromatic ring is 1. The van der Waals surface area contributed by atoms with Crippen molar-refractivity contribution in [3.8, 4) is 0 Å². The van der Waals surface area contributed by atoms with Gasteiger partial charge >= 0.3 is 0 Å². The Morgan fingerprint density at radius 3 is 2.68 bits per heavy atom. The second-order valence-electron chi connectivity index (χ2n) is 4.80. The average molecular weight is 284 g/mol. The van der Waals surface area contributed by atoms with Crippen molar-refractivity contribution in [3.05, 3.63) is 29.8 Å². The van der Waals surface area contributed by atoms with Crippen molar-refractivity contribution in [3.63, 3.8) is 0 Å². The van der Waals surface area contributed by atoms with E-state index in [1.165, 1.54) is 0 Å². The molecule has 0 spiro atoms. The molecule has 2 rings (SSSR count). The molecule has 1 aliphatic rings. The molecule has 6 heteroatoms. The molecule has 106 valence electrons. The zero-order chi connectivity index (χ0) is 13.7. The van der Waals surface area contributed by atoms with Gasteiger partial charge in [-0.2, -0.15) is 0 Å². The number of sulfonamides is 1. The first-order valence-electron chi connectivity index (χ1n) is 6.48. The fourth-order valence-corrected chi connectivity index (χ4v) is 3.40. The second kappa shape index (κ2) is 6.36. The summed E-state index contributed by atoms with van der Waals surface area (Å²) in [4.78, 5) is 0. The number of hydrogen-bond donors (Lipinski definition) is 2. The molecule has 1 aromatic carbocycles. The highest BCUT2D eigenvalue weighted by Gasteiger charge is 2.22. The minimum Gasteiger partial charge on any atom is -0.399 e. The zero-order valence-electron chi connectivity index (χ0n) is 10.8. The quantitative estimate of drug-likeness (QED) is 0.761. The zero-order valence-corrected chi connectivity index (χ0v) is 11.7. The molecule has 0 saturated carbocycles. The predicted octanol–water partition coefficient (Wildman–Crippen LogP) is 0.910. The Hall–Kier alpha value is -1.11. The summed E-state index contributed by atoms with van der Waals surface area (Å²) in [6.45, 7) is 1.07. The number of anilines is 1. The SMILES string of the molecule is Nc1ccc(CCNS(=O)(=O)CC2CCCO2)cc1. The highest BCUT2D eigenvalue weighted by Crippen LogP contribution is 2.13. The molecule has 5 nitrogen and oxygen atoms in total. The largest absolute Gasteiger partial charge is 0.399 e. The van der Waals surface area contributed by atoms with E-state index in [1.54, 1.807) is 0 Å². The minimum atomic E-state index is -3.24. The van der Waals surface area contributed by atoms with Crippen molar-refractivity contribution >= 4 is 15.7 Å². The van der Waals surface area contributed by atoms with E-state index in [2.05, 4.69) is 4.72 Å². The smallest absolute Gasteiger partial charge is 0.214 e. The van der Waals surface area contributed by atoms with Gasteiger partial charge in [0.2, 0.25) is 10.0 Å². The van der Waals surface area contributed by atoms with E-state index in [9.17, 15) is 8.42 Å². The van der Waals surface area contributed by atoms with Gasteiger partial charge in [-0.1, -0.05) is 12.1 Å². The van der Waals surface area contributed by atoms with E-state index in [1.807, 2.05) is 24.3 Å². The van der Waals surface area contributed by atoms with Crippen LogP contribution in [0.15, 0.2) is 24.3 Å². The van der Waals surface area contributed by atoms with E-state index in [-0.39, 0.29) is 11.9 Å². The minimum absolute atomic E-state index is 0.0642. The molecule has 0 amide bonds. The fourth-order valence-electron chi connectivity index (χ4n) is 2.11. The molecule has 0 aliphatic carbocycles. The topological polar surface area (TPSA) is 81.4 Å². The Morgan fingerprint density at radius 2 is 2.05 bits per heavy atom. The molecule has 0 aromatic heterocycles. The number of hydrogen-bond acceptors (Lipinski definition) is 4. The van der Waals surface area contributed by atoms with Crippen LogP contribution in [0, 0.1) is 0 Å². The van der Waals surface area contributed by atoms with Gasteiger partial charge < -0.3 is 10.5 Å². The monoisotopic (exact) mass is 284 g/mol. The highest BCUT2D eigenvalue weighted by atomic mass is 32.2. The van der Waals surface area contributed by atoms with Gasteiger partial charge in [0, 0.05) is 18.8 Å². The third-order valence-corrected chi connectivity index (χ3v) is 4.60. The molecule has 1 aliphatic heterocycles. The van der Waals surface area contributed by atoms with Gasteiger partial charge in [0.15, 0.2) is 0 Å². The third kappa shape index (κ3) is 4.81. The lowest BCUT2D eigenvalue weighted by Gasteiger charge is -2.11. The number of ether oxygens (including phenoxy) is 1. The molecular weight excluding hydrogens is 264 g/mol. The molecular formula is C13H20N2O3S. The normalized spacial score (nSPS) is 19.7. The molecule has 1 heterocycles. The molecule has 1 unspecified atom stereocenters. The lowest BCUT2D eigenvalue weighted by atomic mass is 10.1. The van der Waals surface area contributed by atoms with E-state index >= 15 is 0 Å². The van der Waals surface area contributed by atoms with Crippen molar-refractivity contribution in [1.29, 1.82) is 0 Å². The maximum Gasteiger partial charge on any atom is 0.214 e. The van der Waals surface area contributed by atoms with Crippen LogP contribution >= 0.6 is 0 Å². The molecule has 1 saturated heterocycles. The van der Waals surface area contributed by atoms with Crippen molar-refractivity contribution in [2.75, 3.05) is 24.6 Å². The van der Waals surface area contributed by atoms with Gasteiger partial charge in [-0.05, 0) is 37.0 Å². The molecule has 0 bridgehead atoms. The van der Waals surface area contributed by atoms with E-state index in [0.717, 1.165) is 18.4 Å².